The van der Waals surface area contributed by atoms with Crippen LogP contribution in [0.2, 0.25) is 0 Å². The van der Waals surface area contributed by atoms with Crippen molar-refractivity contribution < 1.29 is 14.6 Å². The van der Waals surface area contributed by atoms with Crippen molar-refractivity contribution in [3.8, 4) is 5.75 Å². The van der Waals surface area contributed by atoms with E-state index >= 15 is 0 Å². The van der Waals surface area contributed by atoms with Gasteiger partial charge in [-0.2, -0.15) is 0 Å². The second kappa shape index (κ2) is 4.52. The molecule has 2 unspecified atom stereocenters. The maximum Gasteiger partial charge on any atom is 0.173 e. The van der Waals surface area contributed by atoms with E-state index in [0.29, 0.717) is 11.1 Å². The summed E-state index contributed by atoms with van der Waals surface area (Å²) < 4.78 is 5.10. The van der Waals surface area contributed by atoms with Gasteiger partial charge in [-0.15, -0.1) is 0 Å². The van der Waals surface area contributed by atoms with E-state index in [0.717, 1.165) is 11.3 Å². The Morgan fingerprint density at radius 1 is 1.05 bits per heavy atom. The Bertz CT molecular complexity index is 616. The van der Waals surface area contributed by atoms with Crippen LogP contribution in [0.15, 0.2) is 48.5 Å². The molecule has 0 aliphatic heterocycles. The number of rotatable bonds is 2. The van der Waals surface area contributed by atoms with E-state index in [1.165, 1.54) is 0 Å². The minimum Gasteiger partial charge on any atom is -0.497 e. The number of aliphatic hydroxyl groups excluding tert-OH is 1. The first kappa shape index (κ1) is 11.9. The molecule has 2 atom stereocenters. The Balaban J connectivity index is 2.01. The number of ether oxygens (including phenoxy) is 1. The van der Waals surface area contributed by atoms with Crippen LogP contribution in [-0.2, 0) is 0 Å². The van der Waals surface area contributed by atoms with Crippen molar-refractivity contribution in [1.82, 2.24) is 0 Å². The molecule has 1 aliphatic rings. The summed E-state index contributed by atoms with van der Waals surface area (Å²) in [5, 5.41) is 10.3. The zero-order valence-electron chi connectivity index (χ0n) is 10.5. The predicted molar refractivity (Wildman–Crippen MR) is 71.5 cm³/mol. The molecule has 0 saturated heterocycles. The lowest BCUT2D eigenvalue weighted by atomic mass is 9.93. The first-order chi connectivity index (χ1) is 9.22. The van der Waals surface area contributed by atoms with Gasteiger partial charge in [-0.25, -0.2) is 0 Å². The molecule has 3 heteroatoms. The number of hydrogen-bond donors (Lipinski definition) is 1. The summed E-state index contributed by atoms with van der Waals surface area (Å²) in [6.45, 7) is 0. The summed E-state index contributed by atoms with van der Waals surface area (Å²) in [6, 6.07) is 14.5. The van der Waals surface area contributed by atoms with Crippen molar-refractivity contribution in [2.24, 2.45) is 0 Å². The quantitative estimate of drug-likeness (QED) is 0.896. The highest BCUT2D eigenvalue weighted by atomic mass is 16.5. The van der Waals surface area contributed by atoms with Gasteiger partial charge in [0, 0.05) is 5.56 Å². The maximum atomic E-state index is 12.4. The minimum atomic E-state index is -0.767. The number of aliphatic hydroxyl groups is 1. The lowest BCUT2D eigenvalue weighted by molar-refractivity contribution is 0.0872. The van der Waals surface area contributed by atoms with Crippen LogP contribution in [0.3, 0.4) is 0 Å². The van der Waals surface area contributed by atoms with Crippen LogP contribution in [0.1, 0.15) is 33.5 Å². The van der Waals surface area contributed by atoms with Gasteiger partial charge < -0.3 is 9.84 Å². The first-order valence-electron chi connectivity index (χ1n) is 6.17. The average Bonchev–Trinajstić information content (AvgIpc) is 2.72. The van der Waals surface area contributed by atoms with Crippen LogP contribution in [0, 0.1) is 0 Å². The third kappa shape index (κ3) is 1.83. The van der Waals surface area contributed by atoms with Gasteiger partial charge in [0.15, 0.2) is 5.78 Å². The van der Waals surface area contributed by atoms with Gasteiger partial charge in [0.05, 0.1) is 19.1 Å². The average molecular weight is 254 g/mol. The van der Waals surface area contributed by atoms with Crippen LogP contribution in [0.4, 0.5) is 0 Å². The van der Waals surface area contributed by atoms with Crippen LogP contribution < -0.4 is 4.74 Å². The Labute approximate surface area is 111 Å². The molecule has 0 radical (unpaired) electrons. The van der Waals surface area contributed by atoms with E-state index in [1.54, 1.807) is 31.4 Å². The summed E-state index contributed by atoms with van der Waals surface area (Å²) in [5.74, 6) is 0.206. The number of methoxy groups -OCH3 is 1. The monoisotopic (exact) mass is 254 g/mol. The van der Waals surface area contributed by atoms with Crippen molar-refractivity contribution in [3.05, 3.63) is 65.2 Å². The number of ketones is 1. The predicted octanol–water partition coefficient (Wildman–Crippen LogP) is 2.71. The molecule has 2 aromatic carbocycles. The zero-order chi connectivity index (χ0) is 13.4. The molecule has 0 bridgehead atoms. The lowest BCUT2D eigenvalue weighted by Crippen LogP contribution is -2.11. The molecule has 0 heterocycles. The van der Waals surface area contributed by atoms with E-state index in [9.17, 15) is 9.90 Å². The van der Waals surface area contributed by atoms with Crippen molar-refractivity contribution in [2.75, 3.05) is 7.11 Å². The van der Waals surface area contributed by atoms with Gasteiger partial charge in [-0.3, -0.25) is 4.79 Å². The van der Waals surface area contributed by atoms with E-state index in [1.807, 2.05) is 24.3 Å². The summed E-state index contributed by atoms with van der Waals surface area (Å²) >= 11 is 0. The van der Waals surface area contributed by atoms with Crippen molar-refractivity contribution in [3.63, 3.8) is 0 Å². The number of Topliss-reactive ketones (excluding diaryl/α,β-unsaturated/α-hetero) is 1. The highest BCUT2D eigenvalue weighted by Crippen LogP contribution is 2.42. The van der Waals surface area contributed by atoms with Crippen LogP contribution >= 0.6 is 0 Å². The third-order valence-electron chi connectivity index (χ3n) is 3.62. The van der Waals surface area contributed by atoms with Gasteiger partial charge in [0.2, 0.25) is 0 Å². The van der Waals surface area contributed by atoms with Gasteiger partial charge >= 0.3 is 0 Å². The summed E-state index contributed by atoms with van der Waals surface area (Å²) in [7, 11) is 1.60. The first-order valence-corrected chi connectivity index (χ1v) is 6.17. The fourth-order valence-electron chi connectivity index (χ4n) is 2.61. The summed E-state index contributed by atoms with van der Waals surface area (Å²) in [5.41, 5.74) is 2.15. The number of fused-ring (bicyclic) bond motifs is 1. The number of carbonyl (C=O) groups is 1. The molecule has 2 aromatic rings. The molecule has 1 N–H and O–H groups in total. The molecular formula is C16H14O3. The molecule has 0 spiro atoms. The van der Waals surface area contributed by atoms with Gasteiger partial charge in [-0.1, -0.05) is 36.4 Å². The Hall–Kier alpha value is -2.13. The molecule has 1 aliphatic carbocycles. The second-order valence-corrected chi connectivity index (χ2v) is 4.65. The van der Waals surface area contributed by atoms with E-state index < -0.39 is 12.0 Å². The van der Waals surface area contributed by atoms with E-state index in [2.05, 4.69) is 0 Å². The molecule has 0 amide bonds. The molecule has 19 heavy (non-hydrogen) atoms. The zero-order valence-corrected chi connectivity index (χ0v) is 10.5. The fourth-order valence-corrected chi connectivity index (χ4v) is 2.61. The number of benzene rings is 2. The lowest BCUT2D eigenvalue weighted by Gasteiger charge is -2.14. The topological polar surface area (TPSA) is 46.5 Å². The fraction of sp³-hybridized carbons (Fsp3) is 0.188. The van der Waals surface area contributed by atoms with Crippen LogP contribution in [-0.4, -0.2) is 18.0 Å². The maximum absolute atomic E-state index is 12.4. The molecular weight excluding hydrogens is 240 g/mol. The Kier molecular flexibility index (Phi) is 2.84. The van der Waals surface area contributed by atoms with Gasteiger partial charge in [-0.05, 0) is 23.3 Å². The van der Waals surface area contributed by atoms with E-state index in [-0.39, 0.29) is 5.78 Å². The molecule has 3 rings (SSSR count). The smallest absolute Gasteiger partial charge is 0.173 e. The molecule has 0 saturated carbocycles. The summed E-state index contributed by atoms with van der Waals surface area (Å²) in [6.07, 6.45) is -0.767. The second-order valence-electron chi connectivity index (χ2n) is 4.65. The summed E-state index contributed by atoms with van der Waals surface area (Å²) in [4.78, 5) is 12.4. The van der Waals surface area contributed by atoms with Crippen molar-refractivity contribution in [1.29, 1.82) is 0 Å². The SMILES string of the molecule is COc1ccc(C2C(=O)c3ccccc3C2O)cc1. The molecule has 0 fully saturated rings. The largest absolute Gasteiger partial charge is 0.497 e. The molecule has 0 aromatic heterocycles. The standard InChI is InChI=1S/C16H14O3/c1-19-11-8-6-10(7-9-11)14-15(17)12-4-2-3-5-13(12)16(14)18/h2-9,14-15,17H,1H3. The Morgan fingerprint density at radius 2 is 1.74 bits per heavy atom. The van der Waals surface area contributed by atoms with Crippen LogP contribution in [0.25, 0.3) is 0 Å². The van der Waals surface area contributed by atoms with Gasteiger partial charge in [0.25, 0.3) is 0 Å². The highest BCUT2D eigenvalue weighted by molar-refractivity contribution is 6.06. The van der Waals surface area contributed by atoms with Crippen molar-refractivity contribution >= 4 is 5.78 Å². The number of carbonyl (C=O) groups excluding carboxylic acids is 1. The van der Waals surface area contributed by atoms with Gasteiger partial charge in [0.1, 0.15) is 5.75 Å². The van der Waals surface area contributed by atoms with Crippen LogP contribution in [0.5, 0.6) is 5.75 Å². The number of hydrogen-bond acceptors (Lipinski definition) is 3. The Morgan fingerprint density at radius 3 is 2.37 bits per heavy atom. The molecule has 3 nitrogen and oxygen atoms in total. The highest BCUT2D eigenvalue weighted by Gasteiger charge is 2.39. The van der Waals surface area contributed by atoms with E-state index in [4.69, 9.17) is 4.74 Å². The molecule has 96 valence electrons. The third-order valence-corrected chi connectivity index (χ3v) is 3.62. The normalized spacial score (nSPS) is 21.3. The van der Waals surface area contributed by atoms with Crippen molar-refractivity contribution in [2.45, 2.75) is 12.0 Å². The minimum absolute atomic E-state index is 0.0201.